The van der Waals surface area contributed by atoms with Crippen LogP contribution in [0.4, 0.5) is 4.79 Å². The summed E-state index contributed by atoms with van der Waals surface area (Å²) in [5, 5.41) is 6.35. The quantitative estimate of drug-likeness (QED) is 0.336. The Morgan fingerprint density at radius 3 is 2.50 bits per heavy atom. The number of rotatable bonds is 6. The fourth-order valence-electron chi connectivity index (χ4n) is 2.38. The SMILES string of the molecule is CN=C(NCCN(C)C(=O)OC(C)(C)C)NCc1coc(-c2ccc(C)cc2)n1.I. The van der Waals surface area contributed by atoms with Gasteiger partial charge in [-0.15, -0.1) is 24.0 Å². The lowest BCUT2D eigenvalue weighted by Crippen LogP contribution is -2.42. The van der Waals surface area contributed by atoms with Crippen LogP contribution in [0.15, 0.2) is 39.9 Å². The van der Waals surface area contributed by atoms with Crippen molar-refractivity contribution in [1.29, 1.82) is 0 Å². The molecule has 0 radical (unpaired) electrons. The van der Waals surface area contributed by atoms with Crippen molar-refractivity contribution in [2.75, 3.05) is 27.2 Å². The topological polar surface area (TPSA) is 92.0 Å². The van der Waals surface area contributed by atoms with Crippen molar-refractivity contribution in [3.63, 3.8) is 0 Å². The molecule has 1 heterocycles. The highest BCUT2D eigenvalue weighted by Gasteiger charge is 2.19. The molecule has 2 N–H and O–H groups in total. The van der Waals surface area contributed by atoms with E-state index >= 15 is 0 Å². The van der Waals surface area contributed by atoms with Crippen molar-refractivity contribution >= 4 is 36.0 Å². The number of nitrogens with one attached hydrogen (secondary N) is 2. The van der Waals surface area contributed by atoms with Gasteiger partial charge in [-0.3, -0.25) is 4.99 Å². The number of carbonyl (C=O) groups excluding carboxylic acids is 1. The fourth-order valence-corrected chi connectivity index (χ4v) is 2.38. The zero-order chi connectivity index (χ0) is 21.4. The Labute approximate surface area is 195 Å². The summed E-state index contributed by atoms with van der Waals surface area (Å²) in [7, 11) is 3.39. The summed E-state index contributed by atoms with van der Waals surface area (Å²) >= 11 is 0. The number of nitrogens with zero attached hydrogens (tertiary/aromatic N) is 3. The fraction of sp³-hybridized carbons (Fsp3) is 0.476. The number of carbonyl (C=O) groups is 1. The Bertz CT molecular complexity index is 828. The number of halogens is 1. The van der Waals surface area contributed by atoms with E-state index in [1.807, 2.05) is 52.0 Å². The van der Waals surface area contributed by atoms with Gasteiger partial charge in [0.2, 0.25) is 5.89 Å². The van der Waals surface area contributed by atoms with Crippen molar-refractivity contribution in [2.24, 2.45) is 4.99 Å². The molecule has 0 aliphatic carbocycles. The molecule has 0 saturated heterocycles. The molecule has 0 bridgehead atoms. The Balaban J connectivity index is 0.00000450. The van der Waals surface area contributed by atoms with E-state index in [-0.39, 0.29) is 30.1 Å². The van der Waals surface area contributed by atoms with Crippen LogP contribution in [0, 0.1) is 6.92 Å². The molecule has 1 amide bonds. The van der Waals surface area contributed by atoms with Crippen LogP contribution in [0.25, 0.3) is 11.5 Å². The lowest BCUT2D eigenvalue weighted by atomic mass is 10.1. The van der Waals surface area contributed by atoms with E-state index < -0.39 is 5.60 Å². The van der Waals surface area contributed by atoms with Gasteiger partial charge in [0.25, 0.3) is 0 Å². The Morgan fingerprint density at radius 1 is 1.23 bits per heavy atom. The van der Waals surface area contributed by atoms with Gasteiger partial charge in [-0.2, -0.15) is 0 Å². The summed E-state index contributed by atoms with van der Waals surface area (Å²) in [6.07, 6.45) is 1.28. The molecule has 2 rings (SSSR count). The number of aliphatic imine (C=N–C) groups is 1. The summed E-state index contributed by atoms with van der Waals surface area (Å²) in [6, 6.07) is 8.02. The van der Waals surface area contributed by atoms with Crippen LogP contribution >= 0.6 is 24.0 Å². The zero-order valence-corrected chi connectivity index (χ0v) is 20.8. The summed E-state index contributed by atoms with van der Waals surface area (Å²) in [6.45, 7) is 9.06. The van der Waals surface area contributed by atoms with Gasteiger partial charge in [0.15, 0.2) is 5.96 Å². The Kier molecular flexibility index (Phi) is 10.1. The normalized spacial score (nSPS) is 11.5. The van der Waals surface area contributed by atoms with Crippen LogP contribution in [0.2, 0.25) is 0 Å². The number of oxazole rings is 1. The van der Waals surface area contributed by atoms with E-state index in [1.54, 1.807) is 20.4 Å². The smallest absolute Gasteiger partial charge is 0.410 e. The van der Waals surface area contributed by atoms with Gasteiger partial charge in [-0.25, -0.2) is 9.78 Å². The Hall–Kier alpha value is -2.30. The predicted molar refractivity (Wildman–Crippen MR) is 129 cm³/mol. The van der Waals surface area contributed by atoms with Crippen molar-refractivity contribution < 1.29 is 13.9 Å². The van der Waals surface area contributed by atoms with Gasteiger partial charge in [-0.1, -0.05) is 17.7 Å². The van der Waals surface area contributed by atoms with E-state index in [9.17, 15) is 4.79 Å². The largest absolute Gasteiger partial charge is 0.444 e. The van der Waals surface area contributed by atoms with E-state index in [0.29, 0.717) is 31.5 Å². The third-order valence-electron chi connectivity index (χ3n) is 3.96. The maximum Gasteiger partial charge on any atom is 0.410 e. The lowest BCUT2D eigenvalue weighted by molar-refractivity contribution is 0.0302. The second-order valence-corrected chi connectivity index (χ2v) is 7.76. The van der Waals surface area contributed by atoms with Crippen LogP contribution in [0.5, 0.6) is 0 Å². The molecule has 0 aliphatic heterocycles. The third kappa shape index (κ3) is 8.60. The first-order valence-corrected chi connectivity index (χ1v) is 9.58. The van der Waals surface area contributed by atoms with E-state index in [1.165, 1.54) is 10.5 Å². The molecular formula is C21H32IN5O3. The average Bonchev–Trinajstić information content (AvgIpc) is 3.12. The number of amides is 1. The zero-order valence-electron chi connectivity index (χ0n) is 18.5. The molecule has 2 aromatic rings. The molecule has 0 unspecified atom stereocenters. The number of aryl methyl sites for hydroxylation is 1. The minimum Gasteiger partial charge on any atom is -0.444 e. The van der Waals surface area contributed by atoms with Gasteiger partial charge < -0.3 is 24.7 Å². The highest BCUT2D eigenvalue weighted by atomic mass is 127. The monoisotopic (exact) mass is 529 g/mol. The molecule has 1 aromatic heterocycles. The molecule has 0 atom stereocenters. The number of benzene rings is 1. The molecule has 30 heavy (non-hydrogen) atoms. The number of hydrogen-bond acceptors (Lipinski definition) is 5. The molecule has 166 valence electrons. The molecule has 0 saturated carbocycles. The minimum absolute atomic E-state index is 0. The summed E-state index contributed by atoms with van der Waals surface area (Å²) < 4.78 is 10.9. The number of likely N-dealkylation sites (N-methyl/N-ethyl adjacent to an activating group) is 1. The Morgan fingerprint density at radius 2 is 1.90 bits per heavy atom. The van der Waals surface area contributed by atoms with E-state index in [0.717, 1.165) is 11.3 Å². The number of aromatic nitrogens is 1. The molecular weight excluding hydrogens is 497 g/mol. The van der Waals surface area contributed by atoms with Crippen LogP contribution in [-0.4, -0.2) is 54.7 Å². The predicted octanol–water partition coefficient (Wildman–Crippen LogP) is 3.80. The number of guanidine groups is 1. The van der Waals surface area contributed by atoms with Crippen molar-refractivity contribution in [1.82, 2.24) is 20.5 Å². The second kappa shape index (κ2) is 11.8. The molecule has 8 nitrogen and oxygen atoms in total. The van der Waals surface area contributed by atoms with E-state index in [4.69, 9.17) is 9.15 Å². The van der Waals surface area contributed by atoms with Gasteiger partial charge in [0.05, 0.1) is 12.2 Å². The van der Waals surface area contributed by atoms with E-state index in [2.05, 4.69) is 20.6 Å². The van der Waals surface area contributed by atoms with Gasteiger partial charge >= 0.3 is 6.09 Å². The first kappa shape index (κ1) is 25.7. The first-order valence-electron chi connectivity index (χ1n) is 9.58. The summed E-state index contributed by atoms with van der Waals surface area (Å²) in [5.74, 6) is 1.20. The molecule has 0 spiro atoms. The van der Waals surface area contributed by atoms with Crippen LogP contribution in [0.1, 0.15) is 32.0 Å². The van der Waals surface area contributed by atoms with Crippen molar-refractivity contribution in [2.45, 2.75) is 39.8 Å². The third-order valence-corrected chi connectivity index (χ3v) is 3.96. The molecule has 0 fully saturated rings. The lowest BCUT2D eigenvalue weighted by Gasteiger charge is -2.24. The summed E-state index contributed by atoms with van der Waals surface area (Å²) in [5.41, 5.74) is 2.39. The van der Waals surface area contributed by atoms with Crippen LogP contribution in [-0.2, 0) is 11.3 Å². The highest BCUT2D eigenvalue weighted by Crippen LogP contribution is 2.19. The van der Waals surface area contributed by atoms with Gasteiger partial charge in [0, 0.05) is 32.7 Å². The number of hydrogen-bond donors (Lipinski definition) is 2. The average molecular weight is 529 g/mol. The van der Waals surface area contributed by atoms with Crippen molar-refractivity contribution in [3.8, 4) is 11.5 Å². The first-order chi connectivity index (χ1) is 13.7. The highest BCUT2D eigenvalue weighted by molar-refractivity contribution is 14.0. The molecule has 1 aromatic carbocycles. The summed E-state index contributed by atoms with van der Waals surface area (Å²) in [4.78, 5) is 22.2. The van der Waals surface area contributed by atoms with Crippen molar-refractivity contribution in [3.05, 3.63) is 41.8 Å². The maximum absolute atomic E-state index is 12.0. The standard InChI is InChI=1S/C21H31N5O3.HI/c1-15-7-9-16(10-8-15)18-25-17(14-28-18)13-24-19(22-5)23-11-12-26(6)20(27)29-21(2,3)4;/h7-10,14H,11-13H2,1-6H3,(H2,22,23,24);1H. The van der Waals surface area contributed by atoms with Crippen LogP contribution in [0.3, 0.4) is 0 Å². The second-order valence-electron chi connectivity index (χ2n) is 7.76. The molecule has 0 aliphatic rings. The van der Waals surface area contributed by atoms with Crippen LogP contribution < -0.4 is 10.6 Å². The molecule has 9 heteroatoms. The minimum atomic E-state index is -0.509. The van der Waals surface area contributed by atoms with Gasteiger partial charge in [-0.05, 0) is 39.8 Å². The number of ether oxygens (including phenoxy) is 1. The van der Waals surface area contributed by atoms with Gasteiger partial charge in [0.1, 0.15) is 11.9 Å². The maximum atomic E-state index is 12.0.